The van der Waals surface area contributed by atoms with Crippen molar-refractivity contribution in [3.63, 3.8) is 0 Å². The molecule has 0 N–H and O–H groups in total. The minimum Gasteiger partial charge on any atom is -0.0830 e. The first-order valence-electron chi connectivity index (χ1n) is 5.75. The molecule has 0 radical (unpaired) electrons. The van der Waals surface area contributed by atoms with Crippen LogP contribution in [-0.4, -0.2) is 0 Å². The number of hydrogen-bond donors (Lipinski definition) is 0. The zero-order valence-electron chi connectivity index (χ0n) is 9.14. The van der Waals surface area contributed by atoms with Crippen LogP contribution in [0.15, 0.2) is 60.7 Å². The van der Waals surface area contributed by atoms with E-state index in [2.05, 4.69) is 66.7 Å². The zero-order chi connectivity index (χ0) is 10.8. The van der Waals surface area contributed by atoms with Crippen molar-refractivity contribution in [2.75, 3.05) is 0 Å². The van der Waals surface area contributed by atoms with E-state index < -0.39 is 0 Å². The topological polar surface area (TPSA) is 0 Å². The average Bonchev–Trinajstić information content (AvgIpc) is 2.39. The van der Waals surface area contributed by atoms with E-state index in [1.165, 1.54) is 16.7 Å². The largest absolute Gasteiger partial charge is 0.0830 e. The molecule has 0 nitrogen and oxygen atoms in total. The van der Waals surface area contributed by atoms with Crippen LogP contribution in [0.25, 0.3) is 6.08 Å². The van der Waals surface area contributed by atoms with Crippen LogP contribution in [0.5, 0.6) is 0 Å². The van der Waals surface area contributed by atoms with Crippen LogP contribution in [0.1, 0.15) is 29.0 Å². The Kier molecular flexibility index (Phi) is 2.34. The van der Waals surface area contributed by atoms with Crippen LogP contribution in [0.2, 0.25) is 0 Å². The Hall–Kier alpha value is -1.82. The zero-order valence-corrected chi connectivity index (χ0v) is 9.14. The lowest BCUT2D eigenvalue weighted by atomic mass is 9.82. The van der Waals surface area contributed by atoms with E-state index in [1.54, 1.807) is 0 Å². The van der Waals surface area contributed by atoms with Crippen molar-refractivity contribution in [1.82, 2.24) is 0 Å². The molecule has 0 amide bonds. The molecule has 1 aliphatic carbocycles. The van der Waals surface area contributed by atoms with Gasteiger partial charge in [-0.1, -0.05) is 66.7 Å². The Labute approximate surface area is 96.3 Å². The maximum Gasteiger partial charge on any atom is 0.0130 e. The molecule has 0 saturated heterocycles. The lowest BCUT2D eigenvalue weighted by molar-refractivity contribution is 0.819. The normalized spacial score (nSPS) is 18.1. The summed E-state index contributed by atoms with van der Waals surface area (Å²) < 4.78 is 0. The summed E-state index contributed by atoms with van der Waals surface area (Å²) in [7, 11) is 0. The number of hydrogen-bond acceptors (Lipinski definition) is 0. The van der Waals surface area contributed by atoms with Gasteiger partial charge in [0.1, 0.15) is 0 Å². The monoisotopic (exact) mass is 206 g/mol. The highest BCUT2D eigenvalue weighted by molar-refractivity contribution is 5.59. The van der Waals surface area contributed by atoms with Gasteiger partial charge < -0.3 is 0 Å². The molecule has 0 aliphatic heterocycles. The molecule has 1 atom stereocenters. The second kappa shape index (κ2) is 3.97. The van der Waals surface area contributed by atoms with Crippen LogP contribution in [0, 0.1) is 0 Å². The van der Waals surface area contributed by atoms with Gasteiger partial charge in [0.25, 0.3) is 0 Å². The molecule has 0 bridgehead atoms. The number of benzene rings is 2. The van der Waals surface area contributed by atoms with Crippen molar-refractivity contribution in [3.8, 4) is 0 Å². The predicted molar refractivity (Wildman–Crippen MR) is 68.4 cm³/mol. The molecule has 3 rings (SSSR count). The Bertz CT molecular complexity index is 509. The number of fused-ring (bicyclic) bond motifs is 1. The Morgan fingerprint density at radius 2 is 1.56 bits per heavy atom. The fourth-order valence-corrected chi connectivity index (χ4v) is 2.44. The van der Waals surface area contributed by atoms with Crippen LogP contribution < -0.4 is 0 Å². The molecule has 78 valence electrons. The molecule has 0 heteroatoms. The second-order valence-electron chi connectivity index (χ2n) is 4.23. The molecule has 0 heterocycles. The van der Waals surface area contributed by atoms with Crippen molar-refractivity contribution in [2.24, 2.45) is 0 Å². The van der Waals surface area contributed by atoms with Crippen molar-refractivity contribution in [2.45, 2.75) is 12.3 Å². The van der Waals surface area contributed by atoms with E-state index in [9.17, 15) is 0 Å². The van der Waals surface area contributed by atoms with Crippen LogP contribution in [-0.2, 0) is 0 Å². The van der Waals surface area contributed by atoms with Gasteiger partial charge in [-0.05, 0) is 23.1 Å². The van der Waals surface area contributed by atoms with Crippen LogP contribution >= 0.6 is 0 Å². The van der Waals surface area contributed by atoms with Gasteiger partial charge >= 0.3 is 0 Å². The summed E-state index contributed by atoms with van der Waals surface area (Å²) in [6, 6.07) is 19.4. The highest BCUT2D eigenvalue weighted by Gasteiger charge is 2.17. The fourth-order valence-electron chi connectivity index (χ4n) is 2.44. The molecule has 2 aromatic carbocycles. The summed E-state index contributed by atoms with van der Waals surface area (Å²) in [5.74, 6) is 0.530. The lowest BCUT2D eigenvalue weighted by Gasteiger charge is -2.22. The quantitative estimate of drug-likeness (QED) is 0.654. The third-order valence-electron chi connectivity index (χ3n) is 3.24. The molecule has 16 heavy (non-hydrogen) atoms. The van der Waals surface area contributed by atoms with Gasteiger partial charge in [-0.2, -0.15) is 0 Å². The molecule has 0 spiro atoms. The minimum absolute atomic E-state index is 0.530. The van der Waals surface area contributed by atoms with Gasteiger partial charge in [0.15, 0.2) is 0 Å². The maximum atomic E-state index is 2.28. The van der Waals surface area contributed by atoms with Crippen molar-refractivity contribution < 1.29 is 0 Å². The third kappa shape index (κ3) is 1.57. The first kappa shape index (κ1) is 9.41. The Balaban J connectivity index is 2.09. The van der Waals surface area contributed by atoms with Crippen molar-refractivity contribution in [3.05, 3.63) is 77.4 Å². The van der Waals surface area contributed by atoms with Crippen molar-refractivity contribution in [1.29, 1.82) is 0 Å². The van der Waals surface area contributed by atoms with Gasteiger partial charge in [-0.3, -0.25) is 0 Å². The van der Waals surface area contributed by atoms with Gasteiger partial charge in [0.2, 0.25) is 0 Å². The summed E-state index contributed by atoms with van der Waals surface area (Å²) in [4.78, 5) is 0. The molecular weight excluding hydrogens is 192 g/mol. The number of allylic oxidation sites excluding steroid dienone is 1. The lowest BCUT2D eigenvalue weighted by Crippen LogP contribution is -2.04. The molecular formula is C16H14. The molecule has 0 unspecified atom stereocenters. The smallest absolute Gasteiger partial charge is 0.0130 e. The SMILES string of the molecule is C1=Cc2ccccc2[C@@H](c2ccccc2)C1. The van der Waals surface area contributed by atoms with Crippen LogP contribution in [0.3, 0.4) is 0 Å². The Morgan fingerprint density at radius 1 is 0.812 bits per heavy atom. The van der Waals surface area contributed by atoms with E-state index in [4.69, 9.17) is 0 Å². The van der Waals surface area contributed by atoms with Gasteiger partial charge in [-0.15, -0.1) is 0 Å². The third-order valence-corrected chi connectivity index (χ3v) is 3.24. The summed E-state index contributed by atoms with van der Waals surface area (Å²) in [6.07, 6.45) is 5.62. The molecule has 1 aliphatic rings. The van der Waals surface area contributed by atoms with E-state index in [0.717, 1.165) is 6.42 Å². The van der Waals surface area contributed by atoms with Gasteiger partial charge in [0, 0.05) is 5.92 Å². The summed E-state index contributed by atoms with van der Waals surface area (Å²) in [6.45, 7) is 0. The predicted octanol–water partition coefficient (Wildman–Crippen LogP) is 4.24. The van der Waals surface area contributed by atoms with E-state index in [-0.39, 0.29) is 0 Å². The molecule has 0 aromatic heterocycles. The van der Waals surface area contributed by atoms with E-state index in [0.29, 0.717) is 5.92 Å². The number of rotatable bonds is 1. The van der Waals surface area contributed by atoms with E-state index in [1.807, 2.05) is 0 Å². The standard InChI is InChI=1S/C16H14/c1-2-7-13(8-3-1)16-12-6-10-14-9-4-5-11-15(14)16/h1-11,16H,12H2/t16-/m1/s1. The molecule has 2 aromatic rings. The Morgan fingerprint density at radius 3 is 2.44 bits per heavy atom. The minimum atomic E-state index is 0.530. The average molecular weight is 206 g/mol. The second-order valence-corrected chi connectivity index (χ2v) is 4.23. The van der Waals surface area contributed by atoms with Crippen molar-refractivity contribution >= 4 is 6.08 Å². The molecule has 0 fully saturated rings. The maximum absolute atomic E-state index is 2.28. The first-order chi connectivity index (χ1) is 7.95. The summed E-state index contributed by atoms with van der Waals surface area (Å²) in [5.41, 5.74) is 4.23. The summed E-state index contributed by atoms with van der Waals surface area (Å²) in [5, 5.41) is 0. The van der Waals surface area contributed by atoms with Crippen LogP contribution in [0.4, 0.5) is 0 Å². The highest BCUT2D eigenvalue weighted by atomic mass is 14.2. The van der Waals surface area contributed by atoms with Gasteiger partial charge in [0.05, 0.1) is 0 Å². The fraction of sp³-hybridized carbons (Fsp3) is 0.125. The summed E-state index contributed by atoms with van der Waals surface area (Å²) >= 11 is 0. The molecule has 0 saturated carbocycles. The van der Waals surface area contributed by atoms with E-state index >= 15 is 0 Å². The van der Waals surface area contributed by atoms with Gasteiger partial charge in [-0.25, -0.2) is 0 Å². The highest BCUT2D eigenvalue weighted by Crippen LogP contribution is 2.34. The first-order valence-corrected chi connectivity index (χ1v) is 5.75.